The van der Waals surface area contributed by atoms with Gasteiger partial charge in [0.1, 0.15) is 5.75 Å². The predicted molar refractivity (Wildman–Crippen MR) is 95.9 cm³/mol. The quantitative estimate of drug-likeness (QED) is 0.625. The van der Waals surface area contributed by atoms with Crippen LogP contribution >= 0.6 is 0 Å². The van der Waals surface area contributed by atoms with Crippen molar-refractivity contribution >= 4 is 5.96 Å². The van der Waals surface area contributed by atoms with Crippen LogP contribution in [0.15, 0.2) is 29.3 Å². The van der Waals surface area contributed by atoms with Gasteiger partial charge in [-0.1, -0.05) is 24.6 Å². The summed E-state index contributed by atoms with van der Waals surface area (Å²) in [6.45, 7) is 6.98. The van der Waals surface area contributed by atoms with Gasteiger partial charge >= 0.3 is 0 Å². The van der Waals surface area contributed by atoms with E-state index in [9.17, 15) is 0 Å². The van der Waals surface area contributed by atoms with Gasteiger partial charge in [0.25, 0.3) is 0 Å². The van der Waals surface area contributed by atoms with Crippen molar-refractivity contribution in [3.8, 4) is 5.75 Å². The zero-order valence-electron chi connectivity index (χ0n) is 14.6. The SMILES string of the molecule is COc1ccccc1C(CN=C(N)NC(C)C)N1CCCCC1. The Morgan fingerprint density at radius 1 is 1.26 bits per heavy atom. The third-order valence-electron chi connectivity index (χ3n) is 4.20. The summed E-state index contributed by atoms with van der Waals surface area (Å²) in [7, 11) is 1.73. The van der Waals surface area contributed by atoms with Gasteiger partial charge in [-0.15, -0.1) is 0 Å². The number of rotatable bonds is 6. The molecule has 5 heteroatoms. The Morgan fingerprint density at radius 2 is 1.96 bits per heavy atom. The Morgan fingerprint density at radius 3 is 2.61 bits per heavy atom. The zero-order valence-corrected chi connectivity index (χ0v) is 14.6. The molecule has 128 valence electrons. The molecule has 0 radical (unpaired) electrons. The zero-order chi connectivity index (χ0) is 16.7. The Hall–Kier alpha value is -1.75. The highest BCUT2D eigenvalue weighted by atomic mass is 16.5. The van der Waals surface area contributed by atoms with E-state index in [0.717, 1.165) is 18.8 Å². The van der Waals surface area contributed by atoms with Crippen LogP contribution in [0.2, 0.25) is 0 Å². The largest absolute Gasteiger partial charge is 0.496 e. The minimum absolute atomic E-state index is 0.207. The molecule has 0 bridgehead atoms. The summed E-state index contributed by atoms with van der Waals surface area (Å²) in [6, 6.07) is 8.73. The number of guanidine groups is 1. The minimum atomic E-state index is 0.207. The topological polar surface area (TPSA) is 62.9 Å². The second-order valence-corrected chi connectivity index (χ2v) is 6.38. The summed E-state index contributed by atoms with van der Waals surface area (Å²) in [6.07, 6.45) is 3.81. The van der Waals surface area contributed by atoms with Crippen LogP contribution in [0.5, 0.6) is 5.75 Å². The maximum absolute atomic E-state index is 5.99. The lowest BCUT2D eigenvalue weighted by Crippen LogP contribution is -2.39. The first-order valence-electron chi connectivity index (χ1n) is 8.55. The van der Waals surface area contributed by atoms with Crippen molar-refractivity contribution in [2.75, 3.05) is 26.7 Å². The first-order valence-corrected chi connectivity index (χ1v) is 8.55. The number of para-hydroxylation sites is 1. The molecule has 1 atom stereocenters. The minimum Gasteiger partial charge on any atom is -0.496 e. The lowest BCUT2D eigenvalue weighted by Gasteiger charge is -2.34. The molecule has 1 unspecified atom stereocenters. The fraction of sp³-hybridized carbons (Fsp3) is 0.611. The number of aliphatic imine (C=N–C) groups is 1. The molecule has 0 saturated carbocycles. The second-order valence-electron chi connectivity index (χ2n) is 6.38. The van der Waals surface area contributed by atoms with Crippen molar-refractivity contribution in [1.82, 2.24) is 10.2 Å². The van der Waals surface area contributed by atoms with Crippen molar-refractivity contribution in [2.45, 2.75) is 45.2 Å². The van der Waals surface area contributed by atoms with Gasteiger partial charge in [-0.25, -0.2) is 0 Å². The number of hydrogen-bond donors (Lipinski definition) is 2. The van der Waals surface area contributed by atoms with Gasteiger partial charge in [0.2, 0.25) is 0 Å². The van der Waals surface area contributed by atoms with Crippen LogP contribution in [0.4, 0.5) is 0 Å². The van der Waals surface area contributed by atoms with Gasteiger partial charge < -0.3 is 15.8 Å². The normalized spacial score (nSPS) is 18.0. The molecule has 23 heavy (non-hydrogen) atoms. The molecule has 1 fully saturated rings. The number of likely N-dealkylation sites (tertiary alicyclic amines) is 1. The number of nitrogens with zero attached hydrogens (tertiary/aromatic N) is 2. The van der Waals surface area contributed by atoms with Crippen molar-refractivity contribution in [3.05, 3.63) is 29.8 Å². The third-order valence-corrected chi connectivity index (χ3v) is 4.20. The first kappa shape index (κ1) is 17.6. The Bertz CT molecular complexity index is 509. The maximum atomic E-state index is 5.99. The summed E-state index contributed by atoms with van der Waals surface area (Å²) in [4.78, 5) is 7.09. The average Bonchev–Trinajstić information content (AvgIpc) is 2.56. The number of ether oxygens (including phenoxy) is 1. The fourth-order valence-corrected chi connectivity index (χ4v) is 3.11. The van der Waals surface area contributed by atoms with E-state index >= 15 is 0 Å². The number of hydrogen-bond acceptors (Lipinski definition) is 3. The molecule has 5 nitrogen and oxygen atoms in total. The summed E-state index contributed by atoms with van der Waals surface area (Å²) in [5.74, 6) is 1.44. The molecule has 1 heterocycles. The van der Waals surface area contributed by atoms with Crippen molar-refractivity contribution in [1.29, 1.82) is 0 Å². The maximum Gasteiger partial charge on any atom is 0.188 e. The highest BCUT2D eigenvalue weighted by Gasteiger charge is 2.24. The Balaban J connectivity index is 2.21. The molecule has 1 aliphatic rings. The molecule has 1 aromatic carbocycles. The molecular formula is C18H30N4O. The average molecular weight is 318 g/mol. The fourth-order valence-electron chi connectivity index (χ4n) is 3.11. The van der Waals surface area contributed by atoms with E-state index < -0.39 is 0 Å². The number of benzene rings is 1. The van der Waals surface area contributed by atoms with Crippen molar-refractivity contribution in [3.63, 3.8) is 0 Å². The van der Waals surface area contributed by atoms with E-state index in [1.165, 1.54) is 24.8 Å². The molecule has 1 aliphatic heterocycles. The van der Waals surface area contributed by atoms with Gasteiger partial charge in [-0.3, -0.25) is 9.89 Å². The number of piperidine rings is 1. The van der Waals surface area contributed by atoms with Crippen LogP contribution < -0.4 is 15.8 Å². The van der Waals surface area contributed by atoms with Gasteiger partial charge in [-0.05, 0) is 45.8 Å². The van der Waals surface area contributed by atoms with Crippen LogP contribution in [-0.2, 0) is 0 Å². The summed E-state index contributed by atoms with van der Waals surface area (Å²) >= 11 is 0. The standard InChI is InChI=1S/C18H30N4O/c1-14(2)21-18(19)20-13-16(22-11-7-4-8-12-22)15-9-5-6-10-17(15)23-3/h5-6,9-10,14,16H,4,7-8,11-13H2,1-3H3,(H3,19,20,21). The van der Waals surface area contributed by atoms with Gasteiger partial charge in [0.05, 0.1) is 19.7 Å². The monoisotopic (exact) mass is 318 g/mol. The molecule has 0 aliphatic carbocycles. The number of nitrogens with two attached hydrogens (primary N) is 1. The van der Waals surface area contributed by atoms with Crippen LogP contribution in [0.1, 0.15) is 44.7 Å². The van der Waals surface area contributed by atoms with E-state index in [1.807, 2.05) is 12.1 Å². The van der Waals surface area contributed by atoms with E-state index in [2.05, 4.69) is 41.2 Å². The Kier molecular flexibility index (Phi) is 6.71. The van der Waals surface area contributed by atoms with Crippen molar-refractivity contribution < 1.29 is 4.74 Å². The third kappa shape index (κ3) is 5.13. The van der Waals surface area contributed by atoms with Gasteiger partial charge in [0, 0.05) is 11.6 Å². The summed E-state index contributed by atoms with van der Waals surface area (Å²) in [5, 5.41) is 3.16. The highest BCUT2D eigenvalue weighted by molar-refractivity contribution is 5.78. The summed E-state index contributed by atoms with van der Waals surface area (Å²) in [5.41, 5.74) is 7.18. The lowest BCUT2D eigenvalue weighted by molar-refractivity contribution is 0.165. The predicted octanol–water partition coefficient (Wildman–Crippen LogP) is 2.53. The summed E-state index contributed by atoms with van der Waals surface area (Å²) < 4.78 is 5.57. The molecule has 2 rings (SSSR count). The van der Waals surface area contributed by atoms with Gasteiger partial charge in [0.15, 0.2) is 5.96 Å². The van der Waals surface area contributed by atoms with E-state index in [4.69, 9.17) is 10.5 Å². The Labute approximate surface area is 139 Å². The molecule has 3 N–H and O–H groups in total. The van der Waals surface area contributed by atoms with E-state index in [-0.39, 0.29) is 6.04 Å². The number of nitrogens with one attached hydrogen (secondary N) is 1. The lowest BCUT2D eigenvalue weighted by atomic mass is 10.0. The molecule has 1 aromatic rings. The molecular weight excluding hydrogens is 288 g/mol. The second kappa shape index (κ2) is 8.77. The van der Waals surface area contributed by atoms with Crippen LogP contribution in [0.3, 0.4) is 0 Å². The molecule has 1 saturated heterocycles. The molecule has 0 amide bonds. The molecule has 0 spiro atoms. The first-order chi connectivity index (χ1) is 11.1. The number of methoxy groups -OCH3 is 1. The van der Waals surface area contributed by atoms with E-state index in [0.29, 0.717) is 18.5 Å². The molecule has 0 aromatic heterocycles. The van der Waals surface area contributed by atoms with Crippen LogP contribution in [-0.4, -0.2) is 43.6 Å². The highest BCUT2D eigenvalue weighted by Crippen LogP contribution is 2.31. The van der Waals surface area contributed by atoms with Crippen molar-refractivity contribution in [2.24, 2.45) is 10.7 Å². The van der Waals surface area contributed by atoms with E-state index in [1.54, 1.807) is 7.11 Å². The van der Waals surface area contributed by atoms with Crippen LogP contribution in [0.25, 0.3) is 0 Å². The smallest absolute Gasteiger partial charge is 0.188 e. The van der Waals surface area contributed by atoms with Gasteiger partial charge in [-0.2, -0.15) is 0 Å². The van der Waals surface area contributed by atoms with Crippen LogP contribution in [0, 0.1) is 0 Å².